The van der Waals surface area contributed by atoms with Crippen molar-refractivity contribution in [1.82, 2.24) is 9.80 Å². The summed E-state index contributed by atoms with van der Waals surface area (Å²) in [6.07, 6.45) is -21.2. The second-order valence-electron chi connectivity index (χ2n) is 11.6. The summed E-state index contributed by atoms with van der Waals surface area (Å²) in [6.45, 7) is 5.87. The summed E-state index contributed by atoms with van der Waals surface area (Å²) in [5.74, 6) is -0.323. The second-order valence-corrected chi connectivity index (χ2v) is 11.6. The number of amides is 1. The van der Waals surface area contributed by atoms with Crippen LogP contribution in [0.5, 0.6) is 5.75 Å². The van der Waals surface area contributed by atoms with E-state index in [0.29, 0.717) is 63.4 Å². The Morgan fingerprint density at radius 2 is 1.55 bits per heavy atom. The number of carbonyl (C=O) groups excluding carboxylic acids is 1. The van der Waals surface area contributed by atoms with Crippen LogP contribution in [0.2, 0.25) is 0 Å². The molecule has 16 heteroatoms. The Hall–Kier alpha value is -2.62. The number of para-hydroxylation sites is 1. The number of anilines is 1. The topological polar surface area (TPSA) is 54.5 Å². The molecule has 1 spiro atoms. The van der Waals surface area contributed by atoms with Gasteiger partial charge in [0.1, 0.15) is 0 Å². The third-order valence-electron chi connectivity index (χ3n) is 8.08. The summed E-state index contributed by atoms with van der Waals surface area (Å²) in [5, 5.41) is 0. The number of halogens is 9. The summed E-state index contributed by atoms with van der Waals surface area (Å²) < 4.78 is 130. The molecule has 42 heavy (non-hydrogen) atoms. The minimum Gasteiger partial charge on any atom is -0.426 e. The molecular formula is C26H32F9N3O4. The van der Waals surface area contributed by atoms with E-state index in [0.717, 1.165) is 4.90 Å². The van der Waals surface area contributed by atoms with Gasteiger partial charge in [0.2, 0.25) is 0 Å². The van der Waals surface area contributed by atoms with Crippen LogP contribution in [0.3, 0.4) is 0 Å². The van der Waals surface area contributed by atoms with Crippen LogP contribution in [0.1, 0.15) is 38.7 Å². The minimum absolute atomic E-state index is 0.0981. The molecule has 3 saturated heterocycles. The number of carbonyl (C=O) groups is 1. The highest BCUT2D eigenvalue weighted by molar-refractivity contribution is 5.68. The predicted octanol–water partition coefficient (Wildman–Crippen LogP) is 6.12. The number of likely N-dealkylation sites (tertiary alicyclic amines) is 2. The first-order chi connectivity index (χ1) is 19.3. The van der Waals surface area contributed by atoms with Crippen molar-refractivity contribution in [3.63, 3.8) is 0 Å². The van der Waals surface area contributed by atoms with Crippen molar-refractivity contribution in [2.45, 2.75) is 70.0 Å². The Morgan fingerprint density at radius 1 is 0.952 bits per heavy atom. The van der Waals surface area contributed by atoms with Crippen molar-refractivity contribution in [2.75, 3.05) is 50.8 Å². The lowest BCUT2D eigenvalue weighted by atomic mass is 9.74. The lowest BCUT2D eigenvalue weighted by Gasteiger charge is -2.39. The fourth-order valence-electron chi connectivity index (χ4n) is 6.22. The average molecular weight is 622 g/mol. The molecule has 0 aromatic heterocycles. The van der Waals surface area contributed by atoms with Gasteiger partial charge in [0.05, 0.1) is 18.9 Å². The smallest absolute Gasteiger partial charge is 0.426 e. The number of benzene rings is 1. The molecule has 3 aliphatic rings. The Bertz CT molecular complexity index is 1100. The Labute approximate surface area is 236 Å². The highest BCUT2D eigenvalue weighted by Crippen LogP contribution is 2.49. The van der Waals surface area contributed by atoms with E-state index in [1.165, 1.54) is 12.1 Å². The molecule has 1 aromatic carbocycles. The number of ether oxygens (including phenoxy) is 3. The van der Waals surface area contributed by atoms with Gasteiger partial charge in [-0.2, -0.15) is 26.3 Å². The van der Waals surface area contributed by atoms with Crippen molar-refractivity contribution >= 4 is 11.8 Å². The van der Waals surface area contributed by atoms with Crippen LogP contribution in [0.15, 0.2) is 18.2 Å². The summed E-state index contributed by atoms with van der Waals surface area (Å²) in [7, 11) is 0. The molecular weight excluding hydrogens is 589 g/mol. The molecule has 0 radical (unpaired) electrons. The summed E-state index contributed by atoms with van der Waals surface area (Å²) in [4.78, 5) is 17.0. The van der Waals surface area contributed by atoms with E-state index in [2.05, 4.69) is 14.4 Å². The van der Waals surface area contributed by atoms with Gasteiger partial charge in [-0.3, -0.25) is 4.90 Å². The Kier molecular flexibility index (Phi) is 8.82. The number of hydrogen-bond acceptors (Lipinski definition) is 6. The van der Waals surface area contributed by atoms with Gasteiger partial charge < -0.3 is 24.0 Å². The fraction of sp³-hybridized carbons (Fsp3) is 0.731. The van der Waals surface area contributed by atoms with Gasteiger partial charge in [-0.25, -0.2) is 4.79 Å². The van der Waals surface area contributed by atoms with Crippen molar-refractivity contribution in [3.8, 4) is 5.75 Å². The molecule has 0 bridgehead atoms. The van der Waals surface area contributed by atoms with E-state index in [-0.39, 0.29) is 25.4 Å². The number of nitrogens with zero attached hydrogens (tertiary/aromatic N) is 3. The van der Waals surface area contributed by atoms with E-state index < -0.39 is 41.9 Å². The first-order valence-corrected chi connectivity index (χ1v) is 13.3. The Balaban J connectivity index is 1.48. The first-order valence-electron chi connectivity index (χ1n) is 13.3. The number of morpholine rings is 1. The molecule has 3 heterocycles. The molecule has 0 saturated carbocycles. The number of rotatable bonds is 5. The molecule has 1 aromatic rings. The van der Waals surface area contributed by atoms with E-state index in [1.54, 1.807) is 11.0 Å². The first kappa shape index (κ1) is 32.3. The molecule has 3 fully saturated rings. The highest BCUT2D eigenvalue weighted by atomic mass is 19.4. The highest BCUT2D eigenvalue weighted by Gasteiger charge is 2.60. The fourth-order valence-corrected chi connectivity index (χ4v) is 6.22. The molecule has 0 aliphatic carbocycles. The van der Waals surface area contributed by atoms with Crippen molar-refractivity contribution in [3.05, 3.63) is 23.8 Å². The SMILES string of the molecule is CC1(C)CC2(CCN(C(=O)OC(C(F)(F)F)C(F)(F)F)CC2)CN1Cc1cccc(OC(F)(F)F)c1N1CCOCC1. The predicted molar refractivity (Wildman–Crippen MR) is 131 cm³/mol. The zero-order chi connectivity index (χ0) is 31.1. The van der Waals surface area contributed by atoms with E-state index >= 15 is 0 Å². The second kappa shape index (κ2) is 11.5. The van der Waals surface area contributed by atoms with Gasteiger partial charge in [-0.15, -0.1) is 13.2 Å². The average Bonchev–Trinajstić information content (AvgIpc) is 3.09. The van der Waals surface area contributed by atoms with Gasteiger partial charge in [0.25, 0.3) is 6.10 Å². The minimum atomic E-state index is -5.80. The standard InChI is InChI=1S/C26H32F9N3O4/c1-22(2)15-23(6-8-37(9-7-23)21(39)41-20(24(27,28)29)25(30,31)32)16-38(22)14-17-4-3-5-18(42-26(33,34)35)19(17)36-10-12-40-13-11-36/h3-5,20H,6-16H2,1-2H3. The van der Waals surface area contributed by atoms with Crippen molar-refractivity contribution in [2.24, 2.45) is 5.41 Å². The molecule has 0 atom stereocenters. The number of alkyl halides is 9. The maximum atomic E-state index is 13.2. The van der Waals surface area contributed by atoms with Crippen LogP contribution in [-0.4, -0.2) is 92.2 Å². The monoisotopic (exact) mass is 621 g/mol. The molecule has 7 nitrogen and oxygen atoms in total. The van der Waals surface area contributed by atoms with E-state index in [9.17, 15) is 44.3 Å². The maximum absolute atomic E-state index is 13.2. The normalized spacial score (nSPS) is 21.7. The molecule has 4 rings (SSSR count). The third kappa shape index (κ3) is 7.47. The van der Waals surface area contributed by atoms with Crippen LogP contribution in [-0.2, 0) is 16.0 Å². The molecule has 1 amide bonds. The van der Waals surface area contributed by atoms with Gasteiger partial charge in [-0.05, 0) is 50.2 Å². The molecule has 0 unspecified atom stereocenters. The van der Waals surface area contributed by atoms with Gasteiger partial charge in [0, 0.05) is 44.8 Å². The van der Waals surface area contributed by atoms with Crippen molar-refractivity contribution in [1.29, 1.82) is 0 Å². The molecule has 3 aliphatic heterocycles. The van der Waals surface area contributed by atoms with Crippen LogP contribution in [0.25, 0.3) is 0 Å². The van der Waals surface area contributed by atoms with E-state index in [1.807, 2.05) is 13.8 Å². The van der Waals surface area contributed by atoms with Crippen LogP contribution >= 0.6 is 0 Å². The lowest BCUT2D eigenvalue weighted by Crippen LogP contribution is -2.50. The summed E-state index contributed by atoms with van der Waals surface area (Å²) in [5.41, 5.74) is 0.0580. The molecule has 0 N–H and O–H groups in total. The Morgan fingerprint density at radius 3 is 2.10 bits per heavy atom. The van der Waals surface area contributed by atoms with Gasteiger partial charge in [-0.1, -0.05) is 12.1 Å². The van der Waals surface area contributed by atoms with Gasteiger partial charge in [0.15, 0.2) is 5.75 Å². The largest absolute Gasteiger partial charge is 0.573 e. The van der Waals surface area contributed by atoms with E-state index in [4.69, 9.17) is 4.74 Å². The summed E-state index contributed by atoms with van der Waals surface area (Å²) in [6, 6.07) is 4.47. The number of piperidine rings is 1. The van der Waals surface area contributed by atoms with Crippen LogP contribution < -0.4 is 9.64 Å². The van der Waals surface area contributed by atoms with Crippen LogP contribution in [0.4, 0.5) is 50.0 Å². The molecule has 238 valence electrons. The third-order valence-corrected chi connectivity index (χ3v) is 8.08. The zero-order valence-corrected chi connectivity index (χ0v) is 23.0. The van der Waals surface area contributed by atoms with Crippen LogP contribution in [0, 0.1) is 5.41 Å². The van der Waals surface area contributed by atoms with Crippen molar-refractivity contribution < 1.29 is 58.5 Å². The number of hydrogen-bond donors (Lipinski definition) is 0. The van der Waals surface area contributed by atoms with Gasteiger partial charge >= 0.3 is 24.8 Å². The summed E-state index contributed by atoms with van der Waals surface area (Å²) >= 11 is 0. The lowest BCUT2D eigenvalue weighted by molar-refractivity contribution is -0.308. The quantitative estimate of drug-likeness (QED) is 0.370. The maximum Gasteiger partial charge on any atom is 0.573 e. The zero-order valence-electron chi connectivity index (χ0n) is 23.0.